The molecule has 0 radical (unpaired) electrons. The molecule has 0 saturated carbocycles. The summed E-state index contributed by atoms with van der Waals surface area (Å²) in [6.45, 7) is 6.47. The van der Waals surface area contributed by atoms with Crippen molar-refractivity contribution in [1.29, 1.82) is 0 Å². The van der Waals surface area contributed by atoms with Gasteiger partial charge in [-0.2, -0.15) is 0 Å². The highest BCUT2D eigenvalue weighted by Gasteiger charge is 2.00. The Hall–Kier alpha value is -0.380. The zero-order valence-corrected chi connectivity index (χ0v) is 8.45. The molecule has 4 heteroatoms. The number of halogens is 1. The summed E-state index contributed by atoms with van der Waals surface area (Å²) in [5.41, 5.74) is 0. The average Bonchev–Trinajstić information content (AvgIpc) is 2.47. The molecular formula is C8H11ClN2S. The van der Waals surface area contributed by atoms with E-state index in [4.69, 9.17) is 11.6 Å². The molecule has 1 rings (SSSR count). The molecule has 66 valence electrons. The van der Waals surface area contributed by atoms with Crippen LogP contribution in [0.25, 0.3) is 0 Å². The summed E-state index contributed by atoms with van der Waals surface area (Å²) in [5, 5.41) is 4.24. The summed E-state index contributed by atoms with van der Waals surface area (Å²) >= 11 is 7.22. The predicted molar refractivity (Wildman–Crippen MR) is 53.6 cm³/mol. The van der Waals surface area contributed by atoms with E-state index in [1.54, 1.807) is 6.20 Å². The fourth-order valence-corrected chi connectivity index (χ4v) is 1.61. The van der Waals surface area contributed by atoms with Crippen molar-refractivity contribution in [2.45, 2.75) is 19.5 Å². The van der Waals surface area contributed by atoms with Gasteiger partial charge in [0.2, 0.25) is 0 Å². The van der Waals surface area contributed by atoms with Crippen LogP contribution in [0.1, 0.15) is 11.9 Å². The van der Waals surface area contributed by atoms with Crippen LogP contribution < -0.4 is 5.32 Å². The Labute approximate surface area is 81.3 Å². The SMILES string of the molecule is C=C[C@@H](C)NCc1ncc(Cl)s1. The van der Waals surface area contributed by atoms with Crippen LogP contribution in [0.2, 0.25) is 4.34 Å². The van der Waals surface area contributed by atoms with Gasteiger partial charge >= 0.3 is 0 Å². The summed E-state index contributed by atoms with van der Waals surface area (Å²) in [6.07, 6.45) is 3.52. The van der Waals surface area contributed by atoms with E-state index in [0.717, 1.165) is 15.9 Å². The van der Waals surface area contributed by atoms with Gasteiger partial charge in [0.25, 0.3) is 0 Å². The zero-order chi connectivity index (χ0) is 8.97. The van der Waals surface area contributed by atoms with Gasteiger partial charge in [-0.25, -0.2) is 4.98 Å². The Balaban J connectivity index is 2.37. The minimum absolute atomic E-state index is 0.313. The van der Waals surface area contributed by atoms with E-state index in [1.165, 1.54) is 11.3 Å². The molecular weight excluding hydrogens is 192 g/mol. The van der Waals surface area contributed by atoms with Crippen LogP contribution in [-0.2, 0) is 6.54 Å². The van der Waals surface area contributed by atoms with Gasteiger partial charge in [0.15, 0.2) is 0 Å². The molecule has 1 N–H and O–H groups in total. The molecule has 0 aliphatic rings. The second-order valence-electron chi connectivity index (χ2n) is 2.46. The van der Waals surface area contributed by atoms with Crippen LogP contribution in [0.4, 0.5) is 0 Å². The van der Waals surface area contributed by atoms with E-state index in [-0.39, 0.29) is 0 Å². The minimum atomic E-state index is 0.313. The largest absolute Gasteiger partial charge is 0.304 e. The molecule has 1 heterocycles. The number of hydrogen-bond acceptors (Lipinski definition) is 3. The van der Waals surface area contributed by atoms with E-state index in [0.29, 0.717) is 6.04 Å². The van der Waals surface area contributed by atoms with Crippen LogP contribution in [-0.4, -0.2) is 11.0 Å². The van der Waals surface area contributed by atoms with Crippen LogP contribution in [0, 0.1) is 0 Å². The third-order valence-electron chi connectivity index (χ3n) is 1.45. The Morgan fingerprint density at radius 2 is 2.67 bits per heavy atom. The smallest absolute Gasteiger partial charge is 0.113 e. The highest BCUT2D eigenvalue weighted by molar-refractivity contribution is 7.15. The molecule has 0 aliphatic carbocycles. The maximum Gasteiger partial charge on any atom is 0.113 e. The Morgan fingerprint density at radius 1 is 1.92 bits per heavy atom. The van der Waals surface area contributed by atoms with Crippen molar-refractivity contribution in [2.75, 3.05) is 0 Å². The average molecular weight is 203 g/mol. The Kier molecular flexibility index (Phi) is 3.72. The third kappa shape index (κ3) is 2.93. The van der Waals surface area contributed by atoms with Crippen molar-refractivity contribution in [3.05, 3.63) is 28.2 Å². The first-order valence-electron chi connectivity index (χ1n) is 3.68. The molecule has 0 fully saturated rings. The highest BCUT2D eigenvalue weighted by Crippen LogP contribution is 2.17. The van der Waals surface area contributed by atoms with E-state index < -0.39 is 0 Å². The van der Waals surface area contributed by atoms with Gasteiger partial charge in [-0.05, 0) is 6.92 Å². The van der Waals surface area contributed by atoms with Gasteiger partial charge in [0.1, 0.15) is 9.34 Å². The molecule has 12 heavy (non-hydrogen) atoms. The quantitative estimate of drug-likeness (QED) is 0.759. The Morgan fingerprint density at radius 3 is 3.17 bits per heavy atom. The van der Waals surface area contributed by atoms with Gasteiger partial charge in [-0.3, -0.25) is 0 Å². The maximum absolute atomic E-state index is 5.72. The molecule has 0 spiro atoms. The summed E-state index contributed by atoms with van der Waals surface area (Å²) in [6, 6.07) is 0.313. The first kappa shape index (κ1) is 9.71. The maximum atomic E-state index is 5.72. The number of nitrogens with one attached hydrogen (secondary N) is 1. The number of nitrogens with zero attached hydrogens (tertiary/aromatic N) is 1. The highest BCUT2D eigenvalue weighted by atomic mass is 35.5. The summed E-state index contributed by atoms with van der Waals surface area (Å²) in [4.78, 5) is 4.11. The predicted octanol–water partition coefficient (Wildman–Crippen LogP) is 2.46. The number of aromatic nitrogens is 1. The zero-order valence-electron chi connectivity index (χ0n) is 6.88. The molecule has 0 amide bonds. The molecule has 0 unspecified atom stereocenters. The number of rotatable bonds is 4. The topological polar surface area (TPSA) is 24.9 Å². The van der Waals surface area contributed by atoms with Crippen molar-refractivity contribution in [3.63, 3.8) is 0 Å². The van der Waals surface area contributed by atoms with Gasteiger partial charge < -0.3 is 5.32 Å². The molecule has 2 nitrogen and oxygen atoms in total. The number of hydrogen-bond donors (Lipinski definition) is 1. The van der Waals surface area contributed by atoms with Crippen LogP contribution in [0.15, 0.2) is 18.9 Å². The fraction of sp³-hybridized carbons (Fsp3) is 0.375. The van der Waals surface area contributed by atoms with Crippen molar-refractivity contribution >= 4 is 22.9 Å². The molecule has 0 aliphatic heterocycles. The first-order valence-corrected chi connectivity index (χ1v) is 4.88. The van der Waals surface area contributed by atoms with E-state index in [9.17, 15) is 0 Å². The molecule has 1 atom stereocenters. The van der Waals surface area contributed by atoms with Crippen molar-refractivity contribution in [2.24, 2.45) is 0 Å². The van der Waals surface area contributed by atoms with Gasteiger partial charge in [-0.1, -0.05) is 17.7 Å². The molecule has 0 saturated heterocycles. The standard InChI is InChI=1S/C8H11ClN2S/c1-3-6(2)10-5-8-11-4-7(9)12-8/h3-4,6,10H,1,5H2,2H3/t6-/m1/s1. The van der Waals surface area contributed by atoms with Gasteiger partial charge in [-0.15, -0.1) is 17.9 Å². The summed E-state index contributed by atoms with van der Waals surface area (Å²) in [7, 11) is 0. The first-order chi connectivity index (χ1) is 5.72. The lowest BCUT2D eigenvalue weighted by molar-refractivity contribution is 0.632. The second-order valence-corrected chi connectivity index (χ2v) is 4.21. The molecule has 1 aromatic heterocycles. The van der Waals surface area contributed by atoms with Crippen molar-refractivity contribution in [1.82, 2.24) is 10.3 Å². The van der Waals surface area contributed by atoms with Crippen LogP contribution >= 0.6 is 22.9 Å². The normalized spacial score (nSPS) is 12.8. The van der Waals surface area contributed by atoms with Crippen LogP contribution in [0.5, 0.6) is 0 Å². The van der Waals surface area contributed by atoms with E-state index in [2.05, 4.69) is 16.9 Å². The lowest BCUT2D eigenvalue weighted by atomic mass is 10.3. The van der Waals surface area contributed by atoms with E-state index >= 15 is 0 Å². The van der Waals surface area contributed by atoms with Crippen molar-refractivity contribution in [3.8, 4) is 0 Å². The minimum Gasteiger partial charge on any atom is -0.304 e. The lowest BCUT2D eigenvalue weighted by Crippen LogP contribution is -2.22. The summed E-state index contributed by atoms with van der Waals surface area (Å²) in [5.74, 6) is 0. The van der Waals surface area contributed by atoms with E-state index in [1.807, 2.05) is 13.0 Å². The molecule has 1 aromatic rings. The van der Waals surface area contributed by atoms with Crippen molar-refractivity contribution < 1.29 is 0 Å². The van der Waals surface area contributed by atoms with Gasteiger partial charge in [0.05, 0.1) is 6.20 Å². The monoisotopic (exact) mass is 202 g/mol. The van der Waals surface area contributed by atoms with Crippen LogP contribution in [0.3, 0.4) is 0 Å². The molecule has 0 aromatic carbocycles. The molecule has 0 bridgehead atoms. The third-order valence-corrected chi connectivity index (χ3v) is 2.57. The van der Waals surface area contributed by atoms with Gasteiger partial charge in [0, 0.05) is 12.6 Å². The number of thiazole rings is 1. The second kappa shape index (κ2) is 4.60. The summed E-state index contributed by atoms with van der Waals surface area (Å²) < 4.78 is 0.734. The lowest BCUT2D eigenvalue weighted by Gasteiger charge is -2.05. The fourth-order valence-electron chi connectivity index (χ4n) is 0.701. The Bertz CT molecular complexity index is 259.